The minimum absolute atomic E-state index is 0.206. The van der Waals surface area contributed by atoms with Crippen molar-refractivity contribution in [2.75, 3.05) is 4.90 Å². The molecular weight excluding hydrogens is 697 g/mol. The molecule has 0 saturated carbocycles. The van der Waals surface area contributed by atoms with Crippen molar-refractivity contribution in [3.05, 3.63) is 206 Å². The Labute approximate surface area is 347 Å². The van der Waals surface area contributed by atoms with E-state index in [9.17, 15) is 5.48 Å². The van der Waals surface area contributed by atoms with Gasteiger partial charge in [0.2, 0.25) is 5.89 Å². The Morgan fingerprint density at radius 2 is 1.05 bits per heavy atom. The second kappa shape index (κ2) is 13.6. The van der Waals surface area contributed by atoms with Crippen LogP contribution in [0.5, 0.6) is 0 Å². The van der Waals surface area contributed by atoms with E-state index in [-0.39, 0.29) is 5.69 Å². The summed E-state index contributed by atoms with van der Waals surface area (Å²) in [5.41, 5.74) is 3.04. The minimum Gasteiger partial charge on any atom is -0.454 e. The van der Waals surface area contributed by atoms with Crippen LogP contribution in [0.3, 0.4) is 0 Å². The van der Waals surface area contributed by atoms with Crippen molar-refractivity contribution >= 4 is 60.9 Å². The maximum absolute atomic E-state index is 9.76. The highest BCUT2D eigenvalue weighted by atomic mass is 16.3. The van der Waals surface area contributed by atoms with E-state index in [1.165, 1.54) is 0 Å². The molecule has 4 heteroatoms. The summed E-state index contributed by atoms with van der Waals surface area (Å²) in [7, 11) is 0. The highest BCUT2D eigenvalue weighted by Gasteiger charge is 2.23. The number of hydrogen-bond donors (Lipinski definition) is 0. The highest BCUT2D eigenvalue weighted by molar-refractivity contribution is 6.19. The van der Waals surface area contributed by atoms with Gasteiger partial charge in [-0.1, -0.05) is 145 Å². The molecule has 0 spiro atoms. The van der Waals surface area contributed by atoms with E-state index in [0.29, 0.717) is 55.9 Å². The lowest BCUT2D eigenvalue weighted by molar-refractivity contribution is 0.619. The smallest absolute Gasteiger partial charge is 0.227 e. The first-order valence-electron chi connectivity index (χ1n) is 24.6. The lowest BCUT2D eigenvalue weighted by Crippen LogP contribution is -2.11. The summed E-state index contributed by atoms with van der Waals surface area (Å²) in [6.45, 7) is 0. The summed E-state index contributed by atoms with van der Waals surface area (Å²) in [5.74, 6) is 0.392. The van der Waals surface area contributed by atoms with Crippen molar-refractivity contribution < 1.29 is 26.7 Å². The normalized spacial score (nSPS) is 14.7. The number of benzene rings is 9. The Morgan fingerprint density at radius 1 is 0.421 bits per heavy atom. The van der Waals surface area contributed by atoms with Crippen molar-refractivity contribution in [3.63, 3.8) is 0 Å². The molecule has 0 fully saturated rings. The Kier molecular flexibility index (Phi) is 5.23. The van der Waals surface area contributed by atoms with Gasteiger partial charge in [0.15, 0.2) is 11.2 Å². The van der Waals surface area contributed by atoms with Crippen LogP contribution in [0.1, 0.15) is 17.8 Å². The zero-order chi connectivity index (χ0) is 49.0. The molecule has 2 heterocycles. The summed E-state index contributed by atoms with van der Waals surface area (Å²) < 4.78 is 129. The number of oxazole rings is 1. The molecule has 9 aromatic carbocycles. The zero-order valence-electron chi connectivity index (χ0n) is 42.8. The standard InChI is InChI=1S/C53H34N2O2/c1-3-11-35(12-4-1)37-19-21-38(22-20-37)40-25-30-44(31-26-40)55(43-28-23-39(24-29-43)36-13-5-2-6-14-36)51-45-16-8-7-15-41(45)33-47-46-32-27-42(34-50(46)56-52(47)51)53-54-48-17-9-10-18-49(48)57-53/h1-34H/i1D,3D,4D,11D,12D,19D,20D,21D,22D,25D,26D,30D,31D. The van der Waals surface area contributed by atoms with Gasteiger partial charge in [0.1, 0.15) is 11.1 Å². The number of anilines is 3. The highest BCUT2D eigenvalue weighted by Crippen LogP contribution is 2.47. The number of fused-ring (bicyclic) bond motifs is 5. The fourth-order valence-corrected chi connectivity index (χ4v) is 7.19. The number of hydrogen-bond acceptors (Lipinski definition) is 4. The number of para-hydroxylation sites is 2. The van der Waals surface area contributed by atoms with Crippen molar-refractivity contribution in [3.8, 4) is 44.8 Å². The van der Waals surface area contributed by atoms with E-state index in [1.807, 2.05) is 127 Å². The molecule has 268 valence electrons. The van der Waals surface area contributed by atoms with Crippen LogP contribution in [0.25, 0.3) is 88.6 Å². The van der Waals surface area contributed by atoms with Crippen molar-refractivity contribution in [1.82, 2.24) is 4.98 Å². The molecule has 0 aliphatic heterocycles. The predicted octanol–water partition coefficient (Wildman–Crippen LogP) is 15.0. The molecule has 0 radical (unpaired) electrons. The molecule has 0 bridgehead atoms. The van der Waals surface area contributed by atoms with Crippen LogP contribution in [0.4, 0.5) is 17.1 Å². The van der Waals surface area contributed by atoms with Crippen LogP contribution < -0.4 is 4.90 Å². The molecule has 4 nitrogen and oxygen atoms in total. The number of rotatable bonds is 7. The van der Waals surface area contributed by atoms with E-state index in [4.69, 9.17) is 21.2 Å². The molecular formula is C53H34N2O2. The van der Waals surface area contributed by atoms with E-state index in [0.717, 1.165) is 21.9 Å². The zero-order valence-corrected chi connectivity index (χ0v) is 29.8. The van der Waals surface area contributed by atoms with Gasteiger partial charge in [-0.05, 0) is 99.4 Å². The lowest BCUT2D eigenvalue weighted by Gasteiger charge is -2.27. The summed E-state index contributed by atoms with van der Waals surface area (Å²) in [4.78, 5) is 6.30. The van der Waals surface area contributed by atoms with Gasteiger partial charge in [-0.25, -0.2) is 4.98 Å². The average molecular weight is 744 g/mol. The van der Waals surface area contributed by atoms with Crippen molar-refractivity contribution in [1.29, 1.82) is 0 Å². The Balaban J connectivity index is 1.17. The number of aromatic nitrogens is 1. The first-order valence-corrected chi connectivity index (χ1v) is 18.1. The molecule has 57 heavy (non-hydrogen) atoms. The summed E-state index contributed by atoms with van der Waals surface area (Å²) in [6.07, 6.45) is 0. The van der Waals surface area contributed by atoms with Gasteiger partial charge in [0.25, 0.3) is 0 Å². The van der Waals surface area contributed by atoms with E-state index in [1.54, 1.807) is 4.90 Å². The topological polar surface area (TPSA) is 42.4 Å². The van der Waals surface area contributed by atoms with E-state index >= 15 is 0 Å². The first kappa shape index (κ1) is 22.0. The molecule has 0 amide bonds. The molecule has 0 aliphatic carbocycles. The third-order valence-corrected chi connectivity index (χ3v) is 9.92. The maximum atomic E-state index is 9.76. The summed E-state index contributed by atoms with van der Waals surface area (Å²) in [6, 6.07) is 30.4. The van der Waals surface area contributed by atoms with Crippen LogP contribution >= 0.6 is 0 Å². The molecule has 0 aliphatic rings. The van der Waals surface area contributed by atoms with Gasteiger partial charge in [0, 0.05) is 33.1 Å². The lowest BCUT2D eigenvalue weighted by atomic mass is 9.99. The Hall–Kier alpha value is -7.69. The molecule has 0 atom stereocenters. The Bertz CT molecular complexity index is 3880. The van der Waals surface area contributed by atoms with E-state index in [2.05, 4.69) is 4.98 Å². The van der Waals surface area contributed by atoms with Gasteiger partial charge in [-0.15, -0.1) is 0 Å². The average Bonchev–Trinajstić information content (AvgIpc) is 3.98. The van der Waals surface area contributed by atoms with Crippen LogP contribution in [0, 0.1) is 0 Å². The SMILES string of the molecule is [2H]c1c([2H])c([2H])c(-c2c([2H])c([2H])c(-c3c([2H])c([2H])c(N(c4ccc(-c5ccccc5)cc4)c4c5ccccc5cc5c4oc4cc(-c6nc7ccccc7o6)ccc45)c([2H])c3[2H])c([2H])c2[2H])c([2H])c1[2H]. The van der Waals surface area contributed by atoms with Crippen molar-refractivity contribution in [2.45, 2.75) is 0 Å². The van der Waals surface area contributed by atoms with Gasteiger partial charge < -0.3 is 13.7 Å². The minimum atomic E-state index is -0.794. The number of furan rings is 1. The fourth-order valence-electron chi connectivity index (χ4n) is 7.19. The maximum Gasteiger partial charge on any atom is 0.227 e. The molecule has 0 N–H and O–H groups in total. The monoisotopic (exact) mass is 743 g/mol. The van der Waals surface area contributed by atoms with Gasteiger partial charge in [-0.3, -0.25) is 0 Å². The van der Waals surface area contributed by atoms with Gasteiger partial charge in [0.05, 0.1) is 23.5 Å². The third kappa shape index (κ3) is 5.83. The predicted molar refractivity (Wildman–Crippen MR) is 235 cm³/mol. The third-order valence-electron chi connectivity index (χ3n) is 9.92. The number of nitrogens with zero attached hydrogens (tertiary/aromatic N) is 2. The quantitative estimate of drug-likeness (QED) is 0.163. The molecule has 11 rings (SSSR count). The Morgan fingerprint density at radius 3 is 1.81 bits per heavy atom. The van der Waals surface area contributed by atoms with E-state index < -0.39 is 101 Å². The molecule has 0 unspecified atom stereocenters. The van der Waals surface area contributed by atoms with Crippen LogP contribution in [0.15, 0.2) is 215 Å². The molecule has 11 aromatic rings. The van der Waals surface area contributed by atoms with Crippen LogP contribution in [0.2, 0.25) is 0 Å². The summed E-state index contributed by atoms with van der Waals surface area (Å²) in [5, 5.41) is 2.85. The van der Waals surface area contributed by atoms with Gasteiger partial charge >= 0.3 is 0 Å². The fraction of sp³-hybridized carbons (Fsp3) is 0. The van der Waals surface area contributed by atoms with Gasteiger partial charge in [-0.2, -0.15) is 0 Å². The molecule has 2 aromatic heterocycles. The van der Waals surface area contributed by atoms with Crippen LogP contribution in [-0.4, -0.2) is 4.98 Å². The first-order chi connectivity index (χ1) is 33.7. The van der Waals surface area contributed by atoms with Crippen molar-refractivity contribution in [2.24, 2.45) is 0 Å². The largest absolute Gasteiger partial charge is 0.454 e. The van der Waals surface area contributed by atoms with Crippen LogP contribution in [-0.2, 0) is 0 Å². The second-order valence-corrected chi connectivity index (χ2v) is 13.3. The molecule has 0 saturated heterocycles. The second-order valence-electron chi connectivity index (χ2n) is 13.3. The summed E-state index contributed by atoms with van der Waals surface area (Å²) >= 11 is 0.